The van der Waals surface area contributed by atoms with Crippen LogP contribution in [-0.2, 0) is 25.7 Å². The molecule has 4 aromatic rings. The topological polar surface area (TPSA) is 72.9 Å². The lowest BCUT2D eigenvalue weighted by Crippen LogP contribution is -2.34. The molecule has 8 heteroatoms. The molecule has 0 amide bonds. The van der Waals surface area contributed by atoms with Crippen LogP contribution < -0.4 is 23.7 Å². The molecule has 6 bridgehead atoms. The summed E-state index contributed by atoms with van der Waals surface area (Å²) in [4.78, 5) is 4.74. The number of phenolic OH excluding ortho intramolecular Hbond substituents is 1. The molecule has 45 heavy (non-hydrogen) atoms. The zero-order valence-electron chi connectivity index (χ0n) is 26.6. The van der Waals surface area contributed by atoms with E-state index in [1.807, 2.05) is 24.3 Å². The van der Waals surface area contributed by atoms with Gasteiger partial charge in [0.2, 0.25) is 5.75 Å². The first-order chi connectivity index (χ1) is 21.9. The number of fused-ring (bicyclic) bond motifs is 2. The molecular weight excluding hydrogens is 568 g/mol. The Balaban J connectivity index is 1.45. The lowest BCUT2D eigenvalue weighted by atomic mass is 9.87. The number of hydrogen-bond acceptors (Lipinski definition) is 8. The average Bonchev–Trinajstić information content (AvgIpc) is 3.04. The Labute approximate surface area is 264 Å². The number of nitrogens with zero attached hydrogens (tertiary/aromatic N) is 2. The van der Waals surface area contributed by atoms with Crippen LogP contribution >= 0.6 is 0 Å². The van der Waals surface area contributed by atoms with Crippen LogP contribution in [-0.4, -0.2) is 63.4 Å². The molecule has 2 atom stereocenters. The van der Waals surface area contributed by atoms with E-state index in [9.17, 15) is 5.11 Å². The van der Waals surface area contributed by atoms with Crippen LogP contribution in [0.15, 0.2) is 60.7 Å². The smallest absolute Gasteiger partial charge is 0.204 e. The summed E-state index contributed by atoms with van der Waals surface area (Å²) >= 11 is 0. The molecule has 234 valence electrons. The maximum absolute atomic E-state index is 11.1. The fourth-order valence-corrected chi connectivity index (χ4v) is 7.14. The van der Waals surface area contributed by atoms with Gasteiger partial charge in [-0.1, -0.05) is 18.2 Å². The second kappa shape index (κ2) is 11.8. The van der Waals surface area contributed by atoms with Crippen LogP contribution in [0.1, 0.15) is 45.5 Å². The number of phenols is 1. The summed E-state index contributed by atoms with van der Waals surface area (Å²) in [5.41, 5.74) is 6.80. The Morgan fingerprint density at radius 3 is 2.09 bits per heavy atom. The van der Waals surface area contributed by atoms with Gasteiger partial charge in [-0.25, -0.2) is 0 Å². The highest BCUT2D eigenvalue weighted by Gasteiger charge is 2.34. The maximum Gasteiger partial charge on any atom is 0.204 e. The molecule has 0 aromatic heterocycles. The van der Waals surface area contributed by atoms with Gasteiger partial charge in [-0.3, -0.25) is 9.80 Å². The molecule has 8 rings (SSSR count). The highest BCUT2D eigenvalue weighted by molar-refractivity contribution is 5.63. The van der Waals surface area contributed by atoms with Crippen molar-refractivity contribution >= 4 is 0 Å². The number of benzene rings is 4. The number of ether oxygens (including phenoxy) is 5. The number of likely N-dealkylation sites (N-methyl/N-ethyl adjacent to an activating group) is 2. The van der Waals surface area contributed by atoms with E-state index in [-0.39, 0.29) is 17.8 Å². The van der Waals surface area contributed by atoms with E-state index in [0.717, 1.165) is 66.8 Å². The lowest BCUT2D eigenvalue weighted by molar-refractivity contribution is 0.220. The molecule has 4 aromatic carbocycles. The van der Waals surface area contributed by atoms with Crippen LogP contribution in [0.3, 0.4) is 0 Å². The summed E-state index contributed by atoms with van der Waals surface area (Å²) in [6.07, 6.45) is 3.20. The van der Waals surface area contributed by atoms with Crippen molar-refractivity contribution < 1.29 is 28.8 Å². The Kier molecular flexibility index (Phi) is 7.71. The summed E-state index contributed by atoms with van der Waals surface area (Å²) in [5, 5.41) is 11.1. The van der Waals surface area contributed by atoms with Crippen molar-refractivity contribution in [2.75, 3.05) is 48.5 Å². The lowest BCUT2D eigenvalue weighted by Gasteiger charge is -2.37. The van der Waals surface area contributed by atoms with E-state index >= 15 is 0 Å². The third-order valence-electron chi connectivity index (χ3n) is 9.64. The van der Waals surface area contributed by atoms with Crippen LogP contribution in [0.4, 0.5) is 0 Å². The summed E-state index contributed by atoms with van der Waals surface area (Å²) in [6, 6.07) is 20.6. The predicted molar refractivity (Wildman–Crippen MR) is 173 cm³/mol. The predicted octanol–water partition coefficient (Wildman–Crippen LogP) is 6.86. The first-order valence-corrected chi connectivity index (χ1v) is 15.5. The van der Waals surface area contributed by atoms with Crippen molar-refractivity contribution in [1.82, 2.24) is 9.80 Å². The van der Waals surface area contributed by atoms with E-state index < -0.39 is 0 Å². The number of hydrogen-bond donors (Lipinski definition) is 1. The molecule has 4 aliphatic heterocycles. The number of methoxy groups -OCH3 is 3. The van der Waals surface area contributed by atoms with Gasteiger partial charge in [0.05, 0.1) is 21.3 Å². The SMILES string of the molecule is COc1ccc2cc1Oc1ccc(cc1)C[C@@H]1c3c(cc(O)c(OC)c3Oc3cc4c(cc3OC)CCN(C)[C@H]4C2)CCN1C. The van der Waals surface area contributed by atoms with Crippen LogP contribution in [0.5, 0.6) is 46.0 Å². The van der Waals surface area contributed by atoms with Gasteiger partial charge in [-0.05, 0) is 110 Å². The Morgan fingerprint density at radius 1 is 0.689 bits per heavy atom. The van der Waals surface area contributed by atoms with Gasteiger partial charge in [0, 0.05) is 30.7 Å². The minimum absolute atomic E-state index is 0.0109. The van der Waals surface area contributed by atoms with E-state index in [1.165, 1.54) is 11.1 Å². The highest BCUT2D eigenvalue weighted by atomic mass is 16.5. The zero-order chi connectivity index (χ0) is 31.2. The van der Waals surface area contributed by atoms with Gasteiger partial charge in [0.1, 0.15) is 5.75 Å². The van der Waals surface area contributed by atoms with Gasteiger partial charge >= 0.3 is 0 Å². The normalized spacial score (nSPS) is 19.4. The fourth-order valence-electron chi connectivity index (χ4n) is 7.14. The third kappa shape index (κ3) is 5.32. The molecule has 8 nitrogen and oxygen atoms in total. The number of aromatic hydroxyl groups is 1. The summed E-state index contributed by atoms with van der Waals surface area (Å²) in [6.45, 7) is 1.78. The van der Waals surface area contributed by atoms with E-state index in [2.05, 4.69) is 60.3 Å². The van der Waals surface area contributed by atoms with E-state index in [4.69, 9.17) is 23.7 Å². The monoisotopic (exact) mass is 608 g/mol. The van der Waals surface area contributed by atoms with Gasteiger partial charge in [0.25, 0.3) is 0 Å². The Hall–Kier alpha value is -4.40. The quantitative estimate of drug-likeness (QED) is 0.271. The molecule has 4 aliphatic rings. The summed E-state index contributed by atoms with van der Waals surface area (Å²) < 4.78 is 30.7. The standard InChI is InChI=1S/C37H40N2O6/c1-38-14-12-24-20-32(42-4)34-21-27(24)28(38)17-23-8-11-31(41-3)33(18-23)44-26-9-6-22(7-10-26)16-29-35-25(13-15-39(29)2)19-30(40)36(43-5)37(35)45-34/h6-11,18-21,28-29,40H,12-17H2,1-5H3/t28-,29+/m0/s1. The largest absolute Gasteiger partial charge is 0.504 e. The molecule has 0 fully saturated rings. The minimum atomic E-state index is -0.0109. The van der Waals surface area contributed by atoms with Crippen molar-refractivity contribution in [3.05, 3.63) is 94.0 Å². The molecule has 0 unspecified atom stereocenters. The van der Waals surface area contributed by atoms with Gasteiger partial charge in [-0.2, -0.15) is 0 Å². The Bertz CT molecular complexity index is 1740. The van der Waals surface area contributed by atoms with Gasteiger partial charge in [0.15, 0.2) is 34.5 Å². The molecule has 0 spiro atoms. The molecule has 0 radical (unpaired) electrons. The van der Waals surface area contributed by atoms with Crippen molar-refractivity contribution in [1.29, 1.82) is 0 Å². The summed E-state index contributed by atoms with van der Waals surface area (Å²) in [7, 11) is 9.23. The summed E-state index contributed by atoms with van der Waals surface area (Å²) in [5.74, 6) is 4.32. The fraction of sp³-hybridized carbons (Fsp3) is 0.351. The number of rotatable bonds is 3. The molecule has 0 saturated carbocycles. The second-order valence-corrected chi connectivity index (χ2v) is 12.3. The van der Waals surface area contributed by atoms with Crippen LogP contribution in [0, 0.1) is 0 Å². The third-order valence-corrected chi connectivity index (χ3v) is 9.64. The maximum atomic E-state index is 11.1. The molecular formula is C37H40N2O6. The molecule has 0 saturated heterocycles. The van der Waals surface area contributed by atoms with Crippen molar-refractivity contribution in [2.45, 2.75) is 37.8 Å². The van der Waals surface area contributed by atoms with Gasteiger partial charge in [-0.15, -0.1) is 0 Å². The van der Waals surface area contributed by atoms with Crippen molar-refractivity contribution in [2.24, 2.45) is 0 Å². The zero-order valence-corrected chi connectivity index (χ0v) is 26.6. The molecule has 4 heterocycles. The minimum Gasteiger partial charge on any atom is -0.504 e. The first-order valence-electron chi connectivity index (χ1n) is 15.5. The van der Waals surface area contributed by atoms with Crippen molar-refractivity contribution in [3.63, 3.8) is 0 Å². The van der Waals surface area contributed by atoms with E-state index in [0.29, 0.717) is 34.5 Å². The second-order valence-electron chi connectivity index (χ2n) is 12.3. The van der Waals surface area contributed by atoms with Crippen molar-refractivity contribution in [3.8, 4) is 46.0 Å². The molecule has 0 aliphatic carbocycles. The van der Waals surface area contributed by atoms with E-state index in [1.54, 1.807) is 21.3 Å². The van der Waals surface area contributed by atoms with Crippen LogP contribution in [0.25, 0.3) is 0 Å². The average molecular weight is 609 g/mol. The first kappa shape index (κ1) is 29.3. The Morgan fingerprint density at radius 2 is 1.36 bits per heavy atom. The highest BCUT2D eigenvalue weighted by Crippen LogP contribution is 2.51. The van der Waals surface area contributed by atoms with Gasteiger partial charge < -0.3 is 28.8 Å². The van der Waals surface area contributed by atoms with Crippen LogP contribution in [0.2, 0.25) is 0 Å². The molecule has 1 N–H and O–H groups in total.